The zero-order valence-corrected chi connectivity index (χ0v) is 13.5. The summed E-state index contributed by atoms with van der Waals surface area (Å²) in [6.07, 6.45) is 3.12. The Bertz CT molecular complexity index is 817. The van der Waals surface area contributed by atoms with Crippen molar-refractivity contribution in [2.45, 2.75) is 12.6 Å². The van der Waals surface area contributed by atoms with E-state index in [1.165, 1.54) is 10.8 Å². The number of hydrogen-bond acceptors (Lipinski definition) is 2. The minimum absolute atomic E-state index is 0.173. The summed E-state index contributed by atoms with van der Waals surface area (Å²) in [5.74, 6) is -1.20. The van der Waals surface area contributed by atoms with Crippen molar-refractivity contribution in [2.24, 2.45) is 0 Å². The first-order valence-electron chi connectivity index (χ1n) is 7.92. The van der Waals surface area contributed by atoms with Crippen LogP contribution in [0.25, 0.3) is 0 Å². The molecule has 126 valence electrons. The second kappa shape index (κ2) is 7.49. The fraction of sp³-hybridized carbons (Fsp3) is 0.100. The normalized spacial score (nSPS) is 10.6. The second-order valence-corrected chi connectivity index (χ2v) is 5.69. The van der Waals surface area contributed by atoms with Crippen molar-refractivity contribution in [3.8, 4) is 0 Å². The number of nitrogens with zero attached hydrogens (tertiary/aromatic N) is 1. The molecule has 0 aliphatic rings. The van der Waals surface area contributed by atoms with E-state index in [1.807, 2.05) is 60.7 Å². The van der Waals surface area contributed by atoms with E-state index in [4.69, 9.17) is 5.11 Å². The average Bonchev–Trinajstić information content (AvgIpc) is 3.09. The highest BCUT2D eigenvalue weighted by Gasteiger charge is 2.18. The zero-order valence-electron chi connectivity index (χ0n) is 13.5. The van der Waals surface area contributed by atoms with Gasteiger partial charge in [-0.05, 0) is 17.2 Å². The molecule has 0 fully saturated rings. The van der Waals surface area contributed by atoms with Crippen molar-refractivity contribution in [1.82, 2.24) is 9.88 Å². The number of carboxylic acid groups (broad SMARTS) is 1. The number of carbonyl (C=O) groups excluding carboxylic acids is 1. The molecule has 2 N–H and O–H groups in total. The Balaban J connectivity index is 1.84. The van der Waals surface area contributed by atoms with Crippen molar-refractivity contribution in [1.29, 1.82) is 0 Å². The van der Waals surface area contributed by atoms with Crippen LogP contribution < -0.4 is 5.32 Å². The molecule has 0 aliphatic heterocycles. The molecule has 0 bridgehead atoms. The van der Waals surface area contributed by atoms with Gasteiger partial charge < -0.3 is 15.0 Å². The van der Waals surface area contributed by atoms with Crippen molar-refractivity contribution in [3.05, 3.63) is 95.8 Å². The van der Waals surface area contributed by atoms with E-state index in [9.17, 15) is 9.59 Å². The standard InChI is InChI=1S/C20H18N2O3/c23-18(24)14-22-12-11-17(13-22)20(25)21-19(15-7-3-1-4-8-15)16-9-5-2-6-10-16/h1-13,19H,14H2,(H,21,25)(H,23,24). The molecule has 3 aromatic rings. The molecule has 1 aromatic heterocycles. The lowest BCUT2D eigenvalue weighted by molar-refractivity contribution is -0.137. The molecule has 0 unspecified atom stereocenters. The van der Waals surface area contributed by atoms with E-state index < -0.39 is 5.97 Å². The first kappa shape index (κ1) is 16.5. The topological polar surface area (TPSA) is 71.3 Å². The van der Waals surface area contributed by atoms with Gasteiger partial charge >= 0.3 is 5.97 Å². The fourth-order valence-corrected chi connectivity index (χ4v) is 2.69. The summed E-state index contributed by atoms with van der Waals surface area (Å²) in [7, 11) is 0. The number of nitrogens with one attached hydrogen (secondary N) is 1. The minimum atomic E-state index is -0.950. The SMILES string of the molecule is O=C(O)Cn1ccc(C(=O)NC(c2ccccc2)c2ccccc2)c1. The molecule has 0 atom stereocenters. The lowest BCUT2D eigenvalue weighted by atomic mass is 9.98. The van der Waals surface area contributed by atoms with Gasteiger partial charge in [-0.1, -0.05) is 60.7 Å². The van der Waals surface area contributed by atoms with E-state index in [2.05, 4.69) is 5.32 Å². The number of amides is 1. The minimum Gasteiger partial charge on any atom is -0.480 e. The predicted octanol–water partition coefficient (Wildman–Crippen LogP) is 3.09. The lowest BCUT2D eigenvalue weighted by Gasteiger charge is -2.19. The molecular formula is C20H18N2O3. The first-order chi connectivity index (χ1) is 12.1. The van der Waals surface area contributed by atoms with E-state index in [0.29, 0.717) is 5.56 Å². The molecule has 0 spiro atoms. The molecule has 2 aromatic carbocycles. The monoisotopic (exact) mass is 334 g/mol. The highest BCUT2D eigenvalue weighted by atomic mass is 16.4. The third-order valence-corrected chi connectivity index (χ3v) is 3.87. The van der Waals surface area contributed by atoms with Crippen LogP contribution in [0.5, 0.6) is 0 Å². The Morgan fingerprint density at radius 3 is 2.00 bits per heavy atom. The highest BCUT2D eigenvalue weighted by molar-refractivity contribution is 5.94. The van der Waals surface area contributed by atoms with E-state index in [-0.39, 0.29) is 18.5 Å². The van der Waals surface area contributed by atoms with E-state index >= 15 is 0 Å². The highest BCUT2D eigenvalue weighted by Crippen LogP contribution is 2.22. The van der Waals surface area contributed by atoms with Crippen LogP contribution in [0.15, 0.2) is 79.1 Å². The van der Waals surface area contributed by atoms with Gasteiger partial charge in [-0.2, -0.15) is 0 Å². The quantitative estimate of drug-likeness (QED) is 0.728. The third kappa shape index (κ3) is 4.14. The van der Waals surface area contributed by atoms with Gasteiger partial charge in [-0.3, -0.25) is 9.59 Å². The van der Waals surface area contributed by atoms with Crippen LogP contribution in [0.3, 0.4) is 0 Å². The van der Waals surface area contributed by atoms with Gasteiger partial charge in [-0.25, -0.2) is 0 Å². The van der Waals surface area contributed by atoms with Gasteiger partial charge in [0.1, 0.15) is 6.54 Å². The fourth-order valence-electron chi connectivity index (χ4n) is 2.69. The number of carbonyl (C=O) groups is 2. The third-order valence-electron chi connectivity index (χ3n) is 3.87. The molecule has 1 amide bonds. The summed E-state index contributed by atoms with van der Waals surface area (Å²) >= 11 is 0. The maximum Gasteiger partial charge on any atom is 0.323 e. The zero-order chi connectivity index (χ0) is 17.6. The Kier molecular flexibility index (Phi) is 4.95. The number of rotatable bonds is 6. The first-order valence-corrected chi connectivity index (χ1v) is 7.92. The van der Waals surface area contributed by atoms with Crippen molar-refractivity contribution < 1.29 is 14.7 Å². The molecule has 0 saturated carbocycles. The molecule has 0 aliphatic carbocycles. The Hall–Kier alpha value is -3.34. The largest absolute Gasteiger partial charge is 0.480 e. The van der Waals surface area contributed by atoms with Gasteiger partial charge in [0, 0.05) is 12.4 Å². The van der Waals surface area contributed by atoms with Crippen LogP contribution in [0.1, 0.15) is 27.5 Å². The van der Waals surface area contributed by atoms with Crippen LogP contribution in [-0.2, 0) is 11.3 Å². The van der Waals surface area contributed by atoms with Crippen molar-refractivity contribution >= 4 is 11.9 Å². The van der Waals surface area contributed by atoms with E-state index in [0.717, 1.165) is 11.1 Å². The van der Waals surface area contributed by atoms with Gasteiger partial charge in [-0.15, -0.1) is 0 Å². The van der Waals surface area contributed by atoms with Crippen molar-refractivity contribution in [3.63, 3.8) is 0 Å². The summed E-state index contributed by atoms with van der Waals surface area (Å²) in [6.45, 7) is -0.173. The molecule has 0 saturated heterocycles. The molecule has 3 rings (SSSR count). The van der Waals surface area contributed by atoms with Crippen LogP contribution in [0.4, 0.5) is 0 Å². The van der Waals surface area contributed by atoms with Gasteiger partial charge in [0.2, 0.25) is 0 Å². The molecule has 5 nitrogen and oxygen atoms in total. The molecule has 1 heterocycles. The number of hydrogen-bond donors (Lipinski definition) is 2. The maximum absolute atomic E-state index is 12.6. The Labute approximate surface area is 145 Å². The Morgan fingerprint density at radius 1 is 0.920 bits per heavy atom. The molecule has 0 radical (unpaired) electrons. The summed E-state index contributed by atoms with van der Waals surface area (Å²) in [6, 6.07) is 20.8. The number of carboxylic acids is 1. The lowest BCUT2D eigenvalue weighted by Crippen LogP contribution is -2.29. The van der Waals surface area contributed by atoms with E-state index in [1.54, 1.807) is 12.3 Å². The van der Waals surface area contributed by atoms with Gasteiger partial charge in [0.15, 0.2) is 0 Å². The van der Waals surface area contributed by atoms with Crippen LogP contribution in [0, 0.1) is 0 Å². The predicted molar refractivity (Wildman–Crippen MR) is 94.3 cm³/mol. The van der Waals surface area contributed by atoms with Gasteiger partial charge in [0.25, 0.3) is 5.91 Å². The van der Waals surface area contributed by atoms with Crippen molar-refractivity contribution in [2.75, 3.05) is 0 Å². The van der Waals surface area contributed by atoms with Gasteiger partial charge in [0.05, 0.1) is 11.6 Å². The second-order valence-electron chi connectivity index (χ2n) is 5.69. The smallest absolute Gasteiger partial charge is 0.323 e. The number of aromatic nitrogens is 1. The molecule has 5 heteroatoms. The summed E-state index contributed by atoms with van der Waals surface area (Å²) < 4.78 is 1.47. The van der Waals surface area contributed by atoms with Crippen LogP contribution >= 0.6 is 0 Å². The number of benzene rings is 2. The molecular weight excluding hydrogens is 316 g/mol. The van der Waals surface area contributed by atoms with Crippen LogP contribution in [0.2, 0.25) is 0 Å². The summed E-state index contributed by atoms with van der Waals surface area (Å²) in [4.78, 5) is 23.4. The average molecular weight is 334 g/mol. The molecule has 25 heavy (non-hydrogen) atoms. The summed E-state index contributed by atoms with van der Waals surface area (Å²) in [5.41, 5.74) is 2.39. The Morgan fingerprint density at radius 2 is 1.48 bits per heavy atom. The van der Waals surface area contributed by atoms with Crippen LogP contribution in [-0.4, -0.2) is 21.6 Å². The number of aliphatic carboxylic acids is 1. The summed E-state index contributed by atoms with van der Waals surface area (Å²) in [5, 5.41) is 11.9. The maximum atomic E-state index is 12.6.